The van der Waals surface area contributed by atoms with Gasteiger partial charge in [-0.25, -0.2) is 9.59 Å². The van der Waals surface area contributed by atoms with Crippen molar-refractivity contribution in [1.82, 2.24) is 9.47 Å². The van der Waals surface area contributed by atoms with E-state index in [4.69, 9.17) is 0 Å². The van der Waals surface area contributed by atoms with Crippen molar-refractivity contribution in [3.63, 3.8) is 0 Å². The van der Waals surface area contributed by atoms with E-state index >= 15 is 0 Å². The van der Waals surface area contributed by atoms with Crippen molar-refractivity contribution >= 4 is 29.8 Å². The first-order chi connectivity index (χ1) is 12.9. The summed E-state index contributed by atoms with van der Waals surface area (Å²) in [6.07, 6.45) is 7.09. The molecular formula is C21H20N2O4. The van der Waals surface area contributed by atoms with Gasteiger partial charge in [-0.1, -0.05) is 11.6 Å². The molecule has 1 saturated heterocycles. The SMILES string of the molecule is CN1CCC(=C2c3cc(C(=O)O)ccc3C=Cn3cc(C(=O)O)cc32)CC1. The molecule has 6 nitrogen and oxygen atoms in total. The van der Waals surface area contributed by atoms with Crippen molar-refractivity contribution in [2.24, 2.45) is 0 Å². The number of aromatic carboxylic acids is 2. The summed E-state index contributed by atoms with van der Waals surface area (Å²) < 4.78 is 1.82. The largest absolute Gasteiger partial charge is 0.478 e. The Morgan fingerprint density at radius 2 is 1.70 bits per heavy atom. The highest BCUT2D eigenvalue weighted by Gasteiger charge is 2.24. The van der Waals surface area contributed by atoms with Crippen LogP contribution in [-0.4, -0.2) is 51.8 Å². The fourth-order valence-corrected chi connectivity index (χ4v) is 3.78. The van der Waals surface area contributed by atoms with Crippen molar-refractivity contribution in [1.29, 1.82) is 0 Å². The number of nitrogens with zero attached hydrogens (tertiary/aromatic N) is 2. The van der Waals surface area contributed by atoms with E-state index in [1.807, 2.05) is 22.9 Å². The zero-order chi connectivity index (χ0) is 19.1. The van der Waals surface area contributed by atoms with Gasteiger partial charge in [0.25, 0.3) is 0 Å². The van der Waals surface area contributed by atoms with E-state index in [0.717, 1.165) is 48.3 Å². The Labute approximate surface area is 156 Å². The fraction of sp³-hybridized carbons (Fsp3) is 0.238. The van der Waals surface area contributed by atoms with Crippen LogP contribution < -0.4 is 0 Å². The molecule has 2 aliphatic rings. The van der Waals surface area contributed by atoms with Crippen molar-refractivity contribution < 1.29 is 19.8 Å². The molecule has 6 heteroatoms. The molecule has 1 fully saturated rings. The number of hydrogen-bond acceptors (Lipinski definition) is 3. The van der Waals surface area contributed by atoms with Crippen LogP contribution in [0.1, 0.15) is 50.4 Å². The molecule has 27 heavy (non-hydrogen) atoms. The number of rotatable bonds is 2. The molecule has 1 aromatic carbocycles. The predicted octanol–water partition coefficient (Wildman–Crippen LogP) is 3.35. The molecule has 2 aliphatic heterocycles. The minimum absolute atomic E-state index is 0.221. The van der Waals surface area contributed by atoms with Crippen LogP contribution in [0, 0.1) is 0 Å². The zero-order valence-corrected chi connectivity index (χ0v) is 15.0. The van der Waals surface area contributed by atoms with E-state index in [9.17, 15) is 19.8 Å². The lowest BCUT2D eigenvalue weighted by atomic mass is 9.88. The van der Waals surface area contributed by atoms with Gasteiger partial charge in [0.05, 0.1) is 16.8 Å². The zero-order valence-electron chi connectivity index (χ0n) is 15.0. The molecule has 1 aromatic heterocycles. The van der Waals surface area contributed by atoms with Gasteiger partial charge in [-0.3, -0.25) is 0 Å². The molecule has 3 heterocycles. The minimum atomic E-state index is -0.976. The second kappa shape index (κ2) is 6.55. The summed E-state index contributed by atoms with van der Waals surface area (Å²) in [6, 6.07) is 6.79. The number of aromatic nitrogens is 1. The maximum atomic E-state index is 11.5. The normalized spacial score (nSPS) is 16.6. The second-order valence-electron chi connectivity index (χ2n) is 7.03. The first kappa shape index (κ1) is 17.3. The highest BCUT2D eigenvalue weighted by molar-refractivity contribution is 5.96. The first-order valence-electron chi connectivity index (χ1n) is 8.86. The lowest BCUT2D eigenvalue weighted by Crippen LogP contribution is -2.27. The Balaban J connectivity index is 1.98. The third kappa shape index (κ3) is 3.08. The smallest absolute Gasteiger partial charge is 0.337 e. The second-order valence-corrected chi connectivity index (χ2v) is 7.03. The summed E-state index contributed by atoms with van der Waals surface area (Å²) in [5, 5.41) is 18.8. The molecule has 0 atom stereocenters. The molecule has 2 N–H and O–H groups in total. The summed E-state index contributed by atoms with van der Waals surface area (Å²) in [5.74, 6) is -1.95. The number of piperidine rings is 1. The molecule has 0 bridgehead atoms. The first-order valence-corrected chi connectivity index (χ1v) is 8.86. The summed E-state index contributed by atoms with van der Waals surface area (Å²) in [7, 11) is 2.08. The maximum Gasteiger partial charge on any atom is 0.337 e. The Morgan fingerprint density at radius 3 is 2.37 bits per heavy atom. The molecule has 0 amide bonds. The van der Waals surface area contributed by atoms with Gasteiger partial charge in [0, 0.05) is 31.1 Å². The molecule has 4 rings (SSSR count). The van der Waals surface area contributed by atoms with Gasteiger partial charge < -0.3 is 19.7 Å². The third-order valence-electron chi connectivity index (χ3n) is 5.28. The van der Waals surface area contributed by atoms with Crippen LogP contribution in [0.2, 0.25) is 0 Å². The van der Waals surface area contributed by atoms with Crippen LogP contribution in [0.15, 0.2) is 36.0 Å². The van der Waals surface area contributed by atoms with Crippen LogP contribution in [0.4, 0.5) is 0 Å². The summed E-state index contributed by atoms with van der Waals surface area (Å²) in [4.78, 5) is 25.3. The Bertz CT molecular complexity index is 1000. The van der Waals surface area contributed by atoms with Gasteiger partial charge in [-0.15, -0.1) is 0 Å². The van der Waals surface area contributed by atoms with Gasteiger partial charge in [-0.2, -0.15) is 0 Å². The van der Waals surface area contributed by atoms with E-state index in [1.165, 1.54) is 5.57 Å². The number of carboxylic acid groups (broad SMARTS) is 2. The van der Waals surface area contributed by atoms with Crippen molar-refractivity contribution in [2.75, 3.05) is 20.1 Å². The molecule has 0 saturated carbocycles. The van der Waals surface area contributed by atoms with Gasteiger partial charge >= 0.3 is 11.9 Å². The number of fused-ring (bicyclic) bond motifs is 2. The topological polar surface area (TPSA) is 82.8 Å². The molecule has 0 aliphatic carbocycles. The summed E-state index contributed by atoms with van der Waals surface area (Å²) in [6.45, 7) is 1.85. The van der Waals surface area contributed by atoms with Crippen molar-refractivity contribution in [2.45, 2.75) is 12.8 Å². The van der Waals surface area contributed by atoms with Crippen LogP contribution in [0.5, 0.6) is 0 Å². The van der Waals surface area contributed by atoms with E-state index in [1.54, 1.807) is 24.4 Å². The number of carboxylic acids is 2. The van der Waals surface area contributed by atoms with Crippen molar-refractivity contribution in [3.8, 4) is 0 Å². The Hall–Kier alpha value is -3.12. The number of hydrogen-bond donors (Lipinski definition) is 2. The summed E-state index contributed by atoms with van der Waals surface area (Å²) in [5.41, 5.74) is 5.21. The van der Waals surface area contributed by atoms with Crippen LogP contribution in [-0.2, 0) is 0 Å². The lowest BCUT2D eigenvalue weighted by Gasteiger charge is -2.27. The monoisotopic (exact) mass is 364 g/mol. The number of likely N-dealkylation sites (tertiary alicyclic amines) is 1. The number of carbonyl (C=O) groups is 2. The van der Waals surface area contributed by atoms with Crippen LogP contribution in [0.3, 0.4) is 0 Å². The van der Waals surface area contributed by atoms with E-state index in [0.29, 0.717) is 0 Å². The average Bonchev–Trinajstić information content (AvgIpc) is 3.00. The van der Waals surface area contributed by atoms with E-state index in [2.05, 4.69) is 11.9 Å². The predicted molar refractivity (Wildman–Crippen MR) is 103 cm³/mol. The third-order valence-corrected chi connectivity index (χ3v) is 5.28. The molecule has 0 unspecified atom stereocenters. The van der Waals surface area contributed by atoms with Crippen LogP contribution in [0.25, 0.3) is 17.8 Å². The maximum absolute atomic E-state index is 11.5. The van der Waals surface area contributed by atoms with Gasteiger partial charge in [0.2, 0.25) is 0 Å². The minimum Gasteiger partial charge on any atom is -0.478 e. The molecule has 2 aromatic rings. The summed E-state index contributed by atoms with van der Waals surface area (Å²) >= 11 is 0. The quantitative estimate of drug-likeness (QED) is 0.729. The number of benzene rings is 1. The standard InChI is InChI=1S/C21H20N2O4/c1-22-7-4-14(5-8-22)19-17-10-15(20(24)25)3-2-13(17)6-9-23-12-16(21(26)27)11-18(19)23/h2-3,6,9-12H,4-5,7-8H2,1H3,(H,24,25)(H,26,27). The van der Waals surface area contributed by atoms with Gasteiger partial charge in [-0.05, 0) is 55.3 Å². The highest BCUT2D eigenvalue weighted by Crippen LogP contribution is 2.38. The van der Waals surface area contributed by atoms with Crippen LogP contribution >= 0.6 is 0 Å². The van der Waals surface area contributed by atoms with Gasteiger partial charge in [0.1, 0.15) is 0 Å². The molecule has 0 radical (unpaired) electrons. The molecule has 0 spiro atoms. The van der Waals surface area contributed by atoms with Crippen molar-refractivity contribution in [3.05, 3.63) is 64.0 Å². The Kier molecular flexibility index (Phi) is 4.20. The Morgan fingerprint density at radius 1 is 1.00 bits per heavy atom. The van der Waals surface area contributed by atoms with E-state index in [-0.39, 0.29) is 11.1 Å². The molecular weight excluding hydrogens is 344 g/mol. The van der Waals surface area contributed by atoms with E-state index < -0.39 is 11.9 Å². The average molecular weight is 364 g/mol. The van der Waals surface area contributed by atoms with Gasteiger partial charge in [0.15, 0.2) is 0 Å². The molecule has 138 valence electrons. The fourth-order valence-electron chi connectivity index (χ4n) is 3.78. The highest BCUT2D eigenvalue weighted by atomic mass is 16.4. The lowest BCUT2D eigenvalue weighted by molar-refractivity contribution is 0.0686.